The van der Waals surface area contributed by atoms with E-state index in [2.05, 4.69) is 5.94 Å². The number of nitrogens with two attached hydrogens (primary N) is 1. The van der Waals surface area contributed by atoms with Crippen molar-refractivity contribution in [2.45, 2.75) is 57.7 Å². The molecule has 2 N–H and O–H groups in total. The summed E-state index contributed by atoms with van der Waals surface area (Å²) < 4.78 is 18.5. The van der Waals surface area contributed by atoms with Gasteiger partial charge in [-0.3, -0.25) is 0 Å². The summed E-state index contributed by atoms with van der Waals surface area (Å²) in [5.74, 6) is 2.14. The minimum absolute atomic E-state index is 0.519. The Morgan fingerprint density at radius 2 is 1.90 bits per heavy atom. The van der Waals surface area contributed by atoms with Gasteiger partial charge in [0, 0.05) is 25.4 Å². The second-order valence-corrected chi connectivity index (χ2v) is 8.60. The van der Waals surface area contributed by atoms with Gasteiger partial charge < -0.3 is 19.3 Å². The van der Waals surface area contributed by atoms with Gasteiger partial charge in [-0.2, -0.15) is 0 Å². The average Bonchev–Trinajstić information content (AvgIpc) is 2.48. The Bertz CT molecular complexity index is 359. The van der Waals surface area contributed by atoms with E-state index in [1.54, 1.807) is 0 Å². The van der Waals surface area contributed by atoms with Crippen LogP contribution in [0.1, 0.15) is 46.5 Å². The largest absolute Gasteiger partial charge is 0.393 e. The van der Waals surface area contributed by atoms with Crippen molar-refractivity contribution in [3.8, 4) is 0 Å². The summed E-state index contributed by atoms with van der Waals surface area (Å²) in [6.07, 6.45) is 3.06. The summed E-state index contributed by atoms with van der Waals surface area (Å²) >= 11 is 0. The summed E-state index contributed by atoms with van der Waals surface area (Å²) in [5, 5.41) is -0.729. The Hall–Kier alpha value is -0.493. The fourth-order valence-corrected chi connectivity index (χ4v) is 7.73. The standard InChI is InChI=1S/C15H29NO4Si/c1-4-18-15(10-8-11-16)14(13-17)9-7-12-21(15,19-5-2)20-6-3/h4-12,16H2,1-3H3. The van der Waals surface area contributed by atoms with Crippen LogP contribution in [0.5, 0.6) is 0 Å². The second kappa shape index (κ2) is 8.83. The third-order valence-corrected chi connectivity index (χ3v) is 8.49. The number of hydrogen-bond acceptors (Lipinski definition) is 5. The number of ether oxygens (including phenoxy) is 1. The van der Waals surface area contributed by atoms with Crippen molar-refractivity contribution in [2.75, 3.05) is 26.4 Å². The molecule has 1 atom stereocenters. The van der Waals surface area contributed by atoms with E-state index < -0.39 is 13.8 Å². The maximum atomic E-state index is 11.5. The molecule has 5 nitrogen and oxygen atoms in total. The lowest BCUT2D eigenvalue weighted by Gasteiger charge is -2.49. The van der Waals surface area contributed by atoms with Crippen LogP contribution in [0.3, 0.4) is 0 Å². The molecule has 6 heteroatoms. The summed E-state index contributed by atoms with van der Waals surface area (Å²) in [4.78, 5) is 11.5. The predicted octanol–water partition coefficient (Wildman–Crippen LogP) is 2.11. The molecule has 1 heterocycles. The number of rotatable bonds is 9. The molecule has 0 amide bonds. The van der Waals surface area contributed by atoms with E-state index in [1.807, 2.05) is 20.8 Å². The maximum absolute atomic E-state index is 11.5. The minimum Gasteiger partial charge on any atom is -0.393 e. The summed E-state index contributed by atoms with van der Waals surface area (Å²) in [7, 11) is -2.68. The SMILES string of the molecule is CCOC1(CCCN)C(=C=O)CCC[Si]1(OCC)OCC. The van der Waals surface area contributed by atoms with E-state index >= 15 is 0 Å². The molecule has 0 aromatic carbocycles. The molecular formula is C15H29NO4Si. The van der Waals surface area contributed by atoms with E-state index in [-0.39, 0.29) is 0 Å². The first-order chi connectivity index (χ1) is 10.2. The monoisotopic (exact) mass is 315 g/mol. The van der Waals surface area contributed by atoms with Crippen molar-refractivity contribution in [3.63, 3.8) is 0 Å². The molecule has 1 aliphatic rings. The molecule has 0 aromatic heterocycles. The van der Waals surface area contributed by atoms with E-state index in [4.69, 9.17) is 19.3 Å². The number of hydrogen-bond donors (Lipinski definition) is 1. The molecule has 1 saturated heterocycles. The molecule has 1 unspecified atom stereocenters. The Labute approximate surface area is 129 Å². The van der Waals surface area contributed by atoms with Gasteiger partial charge in [0.25, 0.3) is 0 Å². The van der Waals surface area contributed by atoms with E-state index in [9.17, 15) is 4.79 Å². The Kier molecular flexibility index (Phi) is 7.80. The summed E-state index contributed by atoms with van der Waals surface area (Å²) in [6.45, 7) is 8.08. The first-order valence-electron chi connectivity index (χ1n) is 8.02. The third-order valence-electron chi connectivity index (χ3n) is 4.04. The normalized spacial score (nSPS) is 24.9. The highest BCUT2D eigenvalue weighted by molar-refractivity contribution is 6.72. The van der Waals surface area contributed by atoms with Crippen molar-refractivity contribution in [3.05, 3.63) is 5.57 Å². The van der Waals surface area contributed by atoms with Gasteiger partial charge in [-0.1, -0.05) is 0 Å². The van der Waals surface area contributed by atoms with Gasteiger partial charge in [0.05, 0.1) is 0 Å². The minimum atomic E-state index is -2.68. The van der Waals surface area contributed by atoms with Gasteiger partial charge in [0.15, 0.2) is 0 Å². The van der Waals surface area contributed by atoms with Crippen LogP contribution in [0.15, 0.2) is 5.57 Å². The topological polar surface area (TPSA) is 70.8 Å². The fourth-order valence-electron chi connectivity index (χ4n) is 3.36. The second-order valence-electron chi connectivity index (χ2n) is 5.21. The Morgan fingerprint density at radius 3 is 2.38 bits per heavy atom. The van der Waals surface area contributed by atoms with Crippen LogP contribution >= 0.6 is 0 Å². The van der Waals surface area contributed by atoms with Crippen molar-refractivity contribution in [2.24, 2.45) is 5.73 Å². The molecule has 21 heavy (non-hydrogen) atoms. The molecule has 0 saturated carbocycles. The van der Waals surface area contributed by atoms with Crippen LogP contribution < -0.4 is 5.73 Å². The molecule has 0 radical (unpaired) electrons. The lowest BCUT2D eigenvalue weighted by atomic mass is 10.00. The molecule has 0 bridgehead atoms. The highest BCUT2D eigenvalue weighted by Gasteiger charge is 2.62. The van der Waals surface area contributed by atoms with Gasteiger partial charge >= 0.3 is 8.56 Å². The summed E-state index contributed by atoms with van der Waals surface area (Å²) in [5.41, 5.74) is 6.37. The highest BCUT2D eigenvalue weighted by atomic mass is 28.4. The molecule has 122 valence electrons. The van der Waals surface area contributed by atoms with Crippen LogP contribution in [0.2, 0.25) is 6.04 Å². The van der Waals surface area contributed by atoms with Crippen LogP contribution in [-0.4, -0.2) is 46.1 Å². The molecule has 0 aromatic rings. The van der Waals surface area contributed by atoms with Crippen molar-refractivity contribution < 1.29 is 18.4 Å². The van der Waals surface area contributed by atoms with Crippen LogP contribution in [0.4, 0.5) is 0 Å². The van der Waals surface area contributed by atoms with Gasteiger partial charge in [-0.15, -0.1) is 0 Å². The number of carbonyl (C=O) groups excluding carboxylic acids is 1. The van der Waals surface area contributed by atoms with E-state index in [1.165, 1.54) is 0 Å². The smallest absolute Gasteiger partial charge is 0.376 e. The van der Waals surface area contributed by atoms with Crippen molar-refractivity contribution in [1.29, 1.82) is 0 Å². The van der Waals surface area contributed by atoms with Gasteiger partial charge in [-0.25, -0.2) is 4.79 Å². The average molecular weight is 315 g/mol. The Balaban J connectivity index is 3.33. The zero-order valence-electron chi connectivity index (χ0n) is 13.6. The zero-order valence-corrected chi connectivity index (χ0v) is 14.6. The van der Waals surface area contributed by atoms with Crippen LogP contribution in [-0.2, 0) is 18.4 Å². The Morgan fingerprint density at radius 1 is 1.24 bits per heavy atom. The first-order valence-corrected chi connectivity index (χ1v) is 10.0. The molecule has 1 aliphatic heterocycles. The summed E-state index contributed by atoms with van der Waals surface area (Å²) in [6, 6.07) is 0.852. The van der Waals surface area contributed by atoms with E-state index in [0.717, 1.165) is 18.9 Å². The highest BCUT2D eigenvalue weighted by Crippen LogP contribution is 2.46. The van der Waals surface area contributed by atoms with Crippen molar-refractivity contribution in [1.82, 2.24) is 0 Å². The maximum Gasteiger partial charge on any atom is 0.376 e. The lowest BCUT2D eigenvalue weighted by Crippen LogP contribution is -2.67. The molecule has 0 spiro atoms. The molecule has 1 fully saturated rings. The quantitative estimate of drug-likeness (QED) is 0.521. The fraction of sp³-hybridized carbons (Fsp3) is 0.867. The van der Waals surface area contributed by atoms with Crippen molar-refractivity contribution >= 4 is 14.5 Å². The third kappa shape index (κ3) is 3.64. The van der Waals surface area contributed by atoms with Crippen LogP contribution in [0.25, 0.3) is 0 Å². The van der Waals surface area contributed by atoms with Gasteiger partial charge in [-0.05, 0) is 59.0 Å². The van der Waals surface area contributed by atoms with Crippen LogP contribution in [0, 0.1) is 0 Å². The molecule has 0 aliphatic carbocycles. The predicted molar refractivity (Wildman–Crippen MR) is 84.9 cm³/mol. The van der Waals surface area contributed by atoms with E-state index in [0.29, 0.717) is 44.8 Å². The molecular weight excluding hydrogens is 286 g/mol. The molecule has 1 rings (SSSR count). The van der Waals surface area contributed by atoms with Gasteiger partial charge in [0.1, 0.15) is 11.2 Å². The lowest BCUT2D eigenvalue weighted by molar-refractivity contribution is -0.0154. The zero-order chi connectivity index (χ0) is 15.8. The first kappa shape index (κ1) is 18.6. The van der Waals surface area contributed by atoms with Gasteiger partial charge in [0.2, 0.25) is 0 Å².